The van der Waals surface area contributed by atoms with Gasteiger partial charge in [0.25, 0.3) is 0 Å². The zero-order valence-electron chi connectivity index (χ0n) is 10.9. The third-order valence-electron chi connectivity index (χ3n) is 2.96. The van der Waals surface area contributed by atoms with E-state index in [0.29, 0.717) is 0 Å². The molecule has 1 aromatic heterocycles. The van der Waals surface area contributed by atoms with E-state index in [1.165, 1.54) is 33.6 Å². The van der Waals surface area contributed by atoms with Crippen LogP contribution in [0.4, 0.5) is 11.4 Å². The van der Waals surface area contributed by atoms with E-state index in [1.807, 2.05) is 11.8 Å². The van der Waals surface area contributed by atoms with Crippen molar-refractivity contribution in [3.63, 3.8) is 0 Å². The number of hydrogen-bond acceptors (Lipinski definition) is 5. The van der Waals surface area contributed by atoms with Gasteiger partial charge < -0.3 is 9.42 Å². The van der Waals surface area contributed by atoms with Crippen molar-refractivity contribution in [3.8, 4) is 0 Å². The fraction of sp³-hybridized carbons (Fsp3) is 0.0667. The second kappa shape index (κ2) is 5.79. The Labute approximate surface area is 121 Å². The average molecular weight is 283 g/mol. The van der Waals surface area contributed by atoms with Crippen molar-refractivity contribution in [2.75, 3.05) is 11.9 Å². The summed E-state index contributed by atoms with van der Waals surface area (Å²) in [7, 11) is 2.12. The summed E-state index contributed by atoms with van der Waals surface area (Å²) in [6, 6.07) is 17.0. The van der Waals surface area contributed by atoms with Crippen LogP contribution in [0.5, 0.6) is 0 Å². The predicted octanol–water partition coefficient (Wildman–Crippen LogP) is 3.99. The molecule has 1 aliphatic heterocycles. The maximum atomic E-state index is 4.22. The minimum atomic E-state index is 1.29. The molecular weight excluding hydrogens is 270 g/mol. The molecule has 100 valence electrons. The fourth-order valence-corrected chi connectivity index (χ4v) is 3.17. The molecule has 3 aromatic rings. The Bertz CT molecular complexity index is 622. The van der Waals surface area contributed by atoms with Gasteiger partial charge in [0.1, 0.15) is 6.26 Å². The highest BCUT2D eigenvalue weighted by molar-refractivity contribution is 7.99. The molecule has 5 heteroatoms. The van der Waals surface area contributed by atoms with Gasteiger partial charge in [0.05, 0.1) is 17.6 Å². The third-order valence-corrected chi connectivity index (χ3v) is 4.09. The minimum Gasteiger partial charge on any atom is -0.346 e. The van der Waals surface area contributed by atoms with Crippen LogP contribution >= 0.6 is 11.8 Å². The van der Waals surface area contributed by atoms with Gasteiger partial charge in [-0.3, -0.25) is 0 Å². The lowest BCUT2D eigenvalue weighted by molar-refractivity contribution is 0.393. The van der Waals surface area contributed by atoms with Crippen LogP contribution in [-0.2, 0) is 0 Å². The molecule has 0 radical (unpaired) electrons. The second-order valence-corrected chi connectivity index (χ2v) is 5.27. The second-order valence-electron chi connectivity index (χ2n) is 4.18. The van der Waals surface area contributed by atoms with Gasteiger partial charge in [0, 0.05) is 22.1 Å². The van der Waals surface area contributed by atoms with Gasteiger partial charge in [0.15, 0.2) is 0 Å². The molecule has 2 heterocycles. The predicted molar refractivity (Wildman–Crippen MR) is 79.4 cm³/mol. The molecule has 0 atom stereocenters. The molecule has 20 heavy (non-hydrogen) atoms. The van der Waals surface area contributed by atoms with Gasteiger partial charge in [-0.05, 0) is 24.3 Å². The summed E-state index contributed by atoms with van der Waals surface area (Å²) in [5.74, 6) is 0. The average Bonchev–Trinajstić information content (AvgIpc) is 3.07. The molecule has 0 fully saturated rings. The van der Waals surface area contributed by atoms with Crippen molar-refractivity contribution >= 4 is 23.1 Å². The van der Waals surface area contributed by atoms with E-state index in [4.69, 9.17) is 0 Å². The van der Waals surface area contributed by atoms with Gasteiger partial charge in [-0.2, -0.15) is 0 Å². The van der Waals surface area contributed by atoms with Crippen molar-refractivity contribution in [3.05, 3.63) is 61.0 Å². The van der Waals surface area contributed by atoms with Crippen LogP contribution in [0.2, 0.25) is 0 Å². The Morgan fingerprint density at radius 1 is 0.950 bits per heavy atom. The largest absolute Gasteiger partial charge is 0.346 e. The van der Waals surface area contributed by atoms with Crippen molar-refractivity contribution in [1.29, 1.82) is 0 Å². The topological polar surface area (TPSA) is 42.2 Å². The normalized spacial score (nSPS) is 11.9. The molecule has 0 aliphatic carbocycles. The van der Waals surface area contributed by atoms with E-state index in [-0.39, 0.29) is 0 Å². The molecular formula is C15H13N3OS. The van der Waals surface area contributed by atoms with Crippen molar-refractivity contribution in [2.45, 2.75) is 9.79 Å². The Morgan fingerprint density at radius 3 is 2.00 bits per heavy atom. The first-order valence-electron chi connectivity index (χ1n) is 6.17. The number of fused-ring (bicyclic) bond motifs is 2. The summed E-state index contributed by atoms with van der Waals surface area (Å²) < 4.78 is 4.22. The molecule has 0 saturated heterocycles. The van der Waals surface area contributed by atoms with Gasteiger partial charge in [-0.25, -0.2) is 0 Å². The van der Waals surface area contributed by atoms with Gasteiger partial charge in [-0.15, -0.1) is 5.10 Å². The first-order valence-corrected chi connectivity index (χ1v) is 6.98. The summed E-state index contributed by atoms with van der Waals surface area (Å²) in [6.07, 6.45) is 2.88. The lowest BCUT2D eigenvalue weighted by Gasteiger charge is -2.29. The number of rotatable bonds is 0. The fourth-order valence-electron chi connectivity index (χ4n) is 2.03. The van der Waals surface area contributed by atoms with E-state index in [0.717, 1.165) is 0 Å². The smallest absolute Gasteiger partial charge is 0.144 e. The number of para-hydroxylation sites is 2. The highest BCUT2D eigenvalue weighted by atomic mass is 32.2. The van der Waals surface area contributed by atoms with Crippen LogP contribution in [0.3, 0.4) is 0 Å². The standard InChI is InChI=1S/C13H11NS.C2H2N2O/c1-14-10-6-2-4-8-12(10)15-13-9-5-3-7-11(13)14;1-2-5-4-3-1/h2-9H,1H3;1-2H. The lowest BCUT2D eigenvalue weighted by atomic mass is 10.2. The van der Waals surface area contributed by atoms with Crippen LogP contribution in [0.1, 0.15) is 0 Å². The highest BCUT2D eigenvalue weighted by Gasteiger charge is 2.18. The third kappa shape index (κ3) is 2.53. The zero-order chi connectivity index (χ0) is 13.8. The van der Waals surface area contributed by atoms with Crippen LogP contribution in [-0.4, -0.2) is 17.4 Å². The van der Waals surface area contributed by atoms with Crippen molar-refractivity contribution in [2.24, 2.45) is 0 Å². The van der Waals surface area contributed by atoms with Crippen molar-refractivity contribution < 1.29 is 4.52 Å². The van der Waals surface area contributed by atoms with Crippen LogP contribution in [0, 0.1) is 0 Å². The Kier molecular flexibility index (Phi) is 3.69. The highest BCUT2D eigenvalue weighted by Crippen LogP contribution is 2.46. The van der Waals surface area contributed by atoms with E-state index in [9.17, 15) is 0 Å². The lowest BCUT2D eigenvalue weighted by Crippen LogP contribution is -2.14. The SMILES string of the molecule is CN1c2ccccc2Sc2ccccc21.c1conn1. The van der Waals surface area contributed by atoms with Crippen LogP contribution < -0.4 is 4.90 Å². The summed E-state index contributed by atoms with van der Waals surface area (Å²) >= 11 is 1.84. The first kappa shape index (κ1) is 12.7. The summed E-state index contributed by atoms with van der Waals surface area (Å²) in [5, 5.41) is 6.40. The Balaban J connectivity index is 0.000000205. The van der Waals surface area contributed by atoms with E-state index < -0.39 is 0 Å². The number of anilines is 2. The summed E-state index contributed by atoms with van der Waals surface area (Å²) in [5.41, 5.74) is 2.59. The molecule has 0 amide bonds. The van der Waals surface area contributed by atoms with E-state index in [1.54, 1.807) is 0 Å². The van der Waals surface area contributed by atoms with Gasteiger partial charge in [-0.1, -0.05) is 36.0 Å². The molecule has 0 saturated carbocycles. The van der Waals surface area contributed by atoms with Crippen LogP contribution in [0.15, 0.2) is 75.3 Å². The summed E-state index contributed by atoms with van der Waals surface area (Å²) in [6.45, 7) is 0. The molecule has 1 aliphatic rings. The minimum absolute atomic E-state index is 1.29. The van der Waals surface area contributed by atoms with Crippen LogP contribution in [0.25, 0.3) is 0 Å². The Morgan fingerprint density at radius 2 is 1.55 bits per heavy atom. The maximum Gasteiger partial charge on any atom is 0.144 e. The molecule has 0 bridgehead atoms. The van der Waals surface area contributed by atoms with Crippen molar-refractivity contribution in [1.82, 2.24) is 10.4 Å². The first-order chi connectivity index (χ1) is 9.86. The molecule has 2 aromatic carbocycles. The molecule has 4 nitrogen and oxygen atoms in total. The molecule has 0 N–H and O–H groups in total. The van der Waals surface area contributed by atoms with Gasteiger partial charge >= 0.3 is 0 Å². The number of aromatic nitrogens is 2. The summed E-state index contributed by atoms with van der Waals surface area (Å²) in [4.78, 5) is 4.92. The van der Waals surface area contributed by atoms with Gasteiger partial charge in [0.2, 0.25) is 0 Å². The molecule has 0 spiro atoms. The number of benzene rings is 2. The molecule has 4 rings (SSSR count). The maximum absolute atomic E-state index is 4.22. The van der Waals surface area contributed by atoms with E-state index in [2.05, 4.69) is 75.4 Å². The number of nitrogens with zero attached hydrogens (tertiary/aromatic N) is 3. The zero-order valence-corrected chi connectivity index (χ0v) is 11.7. The Hall–Kier alpha value is -2.27. The van der Waals surface area contributed by atoms with E-state index >= 15 is 0 Å². The molecule has 0 unspecified atom stereocenters. The monoisotopic (exact) mass is 283 g/mol. The quantitative estimate of drug-likeness (QED) is 0.624. The number of hydrogen-bond donors (Lipinski definition) is 0.